The van der Waals surface area contributed by atoms with Gasteiger partial charge in [-0.3, -0.25) is 4.79 Å². The molecule has 0 rings (SSSR count). The lowest BCUT2D eigenvalue weighted by Gasteiger charge is -2.22. The van der Waals surface area contributed by atoms with Crippen molar-refractivity contribution in [1.82, 2.24) is 4.90 Å². The van der Waals surface area contributed by atoms with Crippen LogP contribution in [0.1, 0.15) is 6.92 Å². The van der Waals surface area contributed by atoms with Crippen LogP contribution in [0.2, 0.25) is 0 Å². The molecule has 1 amide bonds. The minimum absolute atomic E-state index is 0.00429. The van der Waals surface area contributed by atoms with Crippen LogP contribution in [-0.2, 0) is 9.53 Å². The smallest absolute Gasteiger partial charge is 0.370 e. The molecule has 0 atom stereocenters. The standard InChI is InChI=1S/C8H15F3N2O2/c1-2-13(6-8(9,10)11)7(14)5-15-4-3-12/h2-6,12H2,1H3. The van der Waals surface area contributed by atoms with Gasteiger partial charge in [0, 0.05) is 13.1 Å². The van der Waals surface area contributed by atoms with Crippen LogP contribution in [0.25, 0.3) is 0 Å². The average Bonchev–Trinajstić information content (AvgIpc) is 2.13. The molecule has 0 radical (unpaired) electrons. The Morgan fingerprint density at radius 3 is 2.47 bits per heavy atom. The zero-order chi connectivity index (χ0) is 11.9. The fourth-order valence-corrected chi connectivity index (χ4v) is 0.927. The first-order valence-electron chi connectivity index (χ1n) is 4.53. The Kier molecular flexibility index (Phi) is 6.26. The fraction of sp³-hybridized carbons (Fsp3) is 0.875. The van der Waals surface area contributed by atoms with E-state index in [2.05, 4.69) is 0 Å². The summed E-state index contributed by atoms with van der Waals surface area (Å²) in [5.74, 6) is -0.678. The Morgan fingerprint density at radius 2 is 2.07 bits per heavy atom. The van der Waals surface area contributed by atoms with E-state index < -0.39 is 18.6 Å². The first kappa shape index (κ1) is 14.2. The van der Waals surface area contributed by atoms with Crippen LogP contribution in [0.4, 0.5) is 13.2 Å². The summed E-state index contributed by atoms with van der Waals surface area (Å²) in [7, 11) is 0. The molecule has 0 bridgehead atoms. The molecule has 0 aromatic heterocycles. The maximum Gasteiger partial charge on any atom is 0.406 e. The molecule has 0 aliphatic carbocycles. The van der Waals surface area contributed by atoms with Gasteiger partial charge in [0.1, 0.15) is 13.2 Å². The van der Waals surface area contributed by atoms with Gasteiger partial charge in [-0.25, -0.2) is 0 Å². The van der Waals surface area contributed by atoms with Crippen molar-refractivity contribution >= 4 is 5.91 Å². The Morgan fingerprint density at radius 1 is 1.47 bits per heavy atom. The molecule has 0 heterocycles. The molecule has 0 saturated heterocycles. The summed E-state index contributed by atoms with van der Waals surface area (Å²) in [4.78, 5) is 11.9. The number of amides is 1. The molecule has 2 N–H and O–H groups in total. The number of likely N-dealkylation sites (N-methyl/N-ethyl adjacent to an activating group) is 1. The molecule has 0 fully saturated rings. The molecule has 0 saturated carbocycles. The summed E-state index contributed by atoms with van der Waals surface area (Å²) >= 11 is 0. The van der Waals surface area contributed by atoms with Gasteiger partial charge in [-0.1, -0.05) is 0 Å². The molecular weight excluding hydrogens is 213 g/mol. The van der Waals surface area contributed by atoms with Gasteiger partial charge < -0.3 is 15.4 Å². The van der Waals surface area contributed by atoms with Crippen molar-refractivity contribution in [2.24, 2.45) is 5.73 Å². The Balaban J connectivity index is 4.00. The van der Waals surface area contributed by atoms with Crippen molar-refractivity contribution in [3.63, 3.8) is 0 Å². The molecular formula is C8H15F3N2O2. The highest BCUT2D eigenvalue weighted by atomic mass is 19.4. The summed E-state index contributed by atoms with van der Waals surface area (Å²) in [6.07, 6.45) is -4.38. The van der Waals surface area contributed by atoms with E-state index >= 15 is 0 Å². The lowest BCUT2D eigenvalue weighted by atomic mass is 10.4. The maximum absolute atomic E-state index is 12.0. The Bertz CT molecular complexity index is 197. The van der Waals surface area contributed by atoms with Gasteiger partial charge in [0.25, 0.3) is 0 Å². The molecule has 7 heteroatoms. The lowest BCUT2D eigenvalue weighted by molar-refractivity contribution is -0.163. The van der Waals surface area contributed by atoms with Crippen LogP contribution >= 0.6 is 0 Å². The number of nitrogens with zero attached hydrogens (tertiary/aromatic N) is 1. The van der Waals surface area contributed by atoms with Crippen LogP contribution in [0.15, 0.2) is 0 Å². The quantitative estimate of drug-likeness (QED) is 0.668. The third-order valence-electron chi connectivity index (χ3n) is 1.59. The summed E-state index contributed by atoms with van der Waals surface area (Å²) in [6, 6.07) is 0. The van der Waals surface area contributed by atoms with Gasteiger partial charge in [0.2, 0.25) is 5.91 Å². The summed E-state index contributed by atoms with van der Waals surface area (Å²) in [6.45, 7) is 0.278. The monoisotopic (exact) mass is 228 g/mol. The van der Waals surface area contributed by atoms with Crippen LogP contribution in [-0.4, -0.2) is 49.8 Å². The second-order valence-corrected chi connectivity index (χ2v) is 2.86. The molecule has 0 unspecified atom stereocenters. The summed E-state index contributed by atoms with van der Waals surface area (Å²) < 4.78 is 40.7. The first-order valence-corrected chi connectivity index (χ1v) is 4.53. The van der Waals surface area contributed by atoms with E-state index in [1.165, 1.54) is 6.92 Å². The topological polar surface area (TPSA) is 55.6 Å². The SMILES string of the molecule is CCN(CC(F)(F)F)C(=O)COCCN. The minimum atomic E-state index is -4.38. The second-order valence-electron chi connectivity index (χ2n) is 2.86. The number of rotatable bonds is 6. The second kappa shape index (κ2) is 6.62. The van der Waals surface area contributed by atoms with Crippen LogP contribution in [0, 0.1) is 0 Å². The van der Waals surface area contributed by atoms with E-state index in [1.807, 2.05) is 0 Å². The van der Waals surface area contributed by atoms with Crippen molar-refractivity contribution in [1.29, 1.82) is 0 Å². The number of carbonyl (C=O) groups is 1. The van der Waals surface area contributed by atoms with Crippen LogP contribution < -0.4 is 5.73 Å². The highest BCUT2D eigenvalue weighted by molar-refractivity contribution is 5.77. The van der Waals surface area contributed by atoms with E-state index in [0.717, 1.165) is 0 Å². The van der Waals surface area contributed by atoms with Crippen molar-refractivity contribution in [2.45, 2.75) is 13.1 Å². The van der Waals surface area contributed by atoms with Crippen molar-refractivity contribution < 1.29 is 22.7 Å². The first-order chi connectivity index (χ1) is 6.90. The van der Waals surface area contributed by atoms with Gasteiger partial charge >= 0.3 is 6.18 Å². The highest BCUT2D eigenvalue weighted by Crippen LogP contribution is 2.16. The van der Waals surface area contributed by atoms with Crippen LogP contribution in [0.3, 0.4) is 0 Å². The molecule has 90 valence electrons. The van der Waals surface area contributed by atoms with Gasteiger partial charge in [-0.2, -0.15) is 13.2 Å². The average molecular weight is 228 g/mol. The lowest BCUT2D eigenvalue weighted by Crippen LogP contribution is -2.40. The van der Waals surface area contributed by atoms with Crippen molar-refractivity contribution in [2.75, 3.05) is 32.8 Å². The van der Waals surface area contributed by atoms with E-state index in [0.29, 0.717) is 4.90 Å². The number of alkyl halides is 3. The van der Waals surface area contributed by atoms with Crippen molar-refractivity contribution in [3.8, 4) is 0 Å². The number of hydrogen-bond donors (Lipinski definition) is 1. The van der Waals surface area contributed by atoms with E-state index in [9.17, 15) is 18.0 Å². The molecule has 4 nitrogen and oxygen atoms in total. The molecule has 0 aromatic rings. The molecule has 0 aromatic carbocycles. The Hall–Kier alpha value is -0.820. The number of halogens is 3. The van der Waals surface area contributed by atoms with Gasteiger partial charge in [0.15, 0.2) is 0 Å². The number of ether oxygens (including phenoxy) is 1. The van der Waals surface area contributed by atoms with Gasteiger partial charge in [0.05, 0.1) is 6.61 Å². The molecule has 0 spiro atoms. The molecule has 0 aliphatic rings. The largest absolute Gasteiger partial charge is 0.406 e. The third-order valence-corrected chi connectivity index (χ3v) is 1.59. The van der Waals surface area contributed by atoms with Gasteiger partial charge in [-0.05, 0) is 6.92 Å². The third kappa shape index (κ3) is 7.15. The maximum atomic E-state index is 12.0. The molecule has 15 heavy (non-hydrogen) atoms. The van der Waals surface area contributed by atoms with E-state index in [1.54, 1.807) is 0 Å². The van der Waals surface area contributed by atoms with Crippen molar-refractivity contribution in [3.05, 3.63) is 0 Å². The van der Waals surface area contributed by atoms with Gasteiger partial charge in [-0.15, -0.1) is 0 Å². The molecule has 0 aliphatic heterocycles. The fourth-order valence-electron chi connectivity index (χ4n) is 0.927. The highest BCUT2D eigenvalue weighted by Gasteiger charge is 2.32. The predicted octanol–water partition coefficient (Wildman–Crippen LogP) is 0.373. The summed E-state index contributed by atoms with van der Waals surface area (Å²) in [5, 5.41) is 0. The normalized spacial score (nSPS) is 11.5. The number of nitrogens with two attached hydrogens (primary N) is 1. The number of carbonyl (C=O) groups excluding carboxylic acids is 1. The zero-order valence-electron chi connectivity index (χ0n) is 8.51. The zero-order valence-corrected chi connectivity index (χ0v) is 8.51. The minimum Gasteiger partial charge on any atom is -0.370 e. The predicted molar refractivity (Wildman–Crippen MR) is 48.2 cm³/mol. The number of hydrogen-bond acceptors (Lipinski definition) is 3. The Labute approximate surface area is 86.2 Å². The van der Waals surface area contributed by atoms with Crippen LogP contribution in [0.5, 0.6) is 0 Å². The summed E-state index contributed by atoms with van der Waals surface area (Å²) in [5.41, 5.74) is 5.10. The van der Waals surface area contributed by atoms with E-state index in [-0.39, 0.29) is 26.3 Å². The van der Waals surface area contributed by atoms with E-state index in [4.69, 9.17) is 10.5 Å².